The molecular weight excluding hydrogens is 216 g/mol. The van der Waals surface area contributed by atoms with E-state index >= 15 is 0 Å². The van der Waals surface area contributed by atoms with Crippen LogP contribution in [-0.4, -0.2) is 29.1 Å². The molecule has 4 heteroatoms. The van der Waals surface area contributed by atoms with Crippen molar-refractivity contribution >= 4 is 0 Å². The van der Waals surface area contributed by atoms with Crippen molar-refractivity contribution in [2.75, 3.05) is 13.2 Å². The number of hydrogen-bond acceptors (Lipinski definition) is 3. The third-order valence-electron chi connectivity index (χ3n) is 2.71. The van der Waals surface area contributed by atoms with Gasteiger partial charge in [0.15, 0.2) is 0 Å². The highest BCUT2D eigenvalue weighted by Crippen LogP contribution is 2.27. The maximum absolute atomic E-state index is 5.62. The first-order chi connectivity index (χ1) is 8.00. The largest absolute Gasteiger partial charge is 0.475 e. The van der Waals surface area contributed by atoms with Crippen molar-refractivity contribution < 1.29 is 9.47 Å². The van der Waals surface area contributed by atoms with Gasteiger partial charge in [-0.3, -0.25) is 0 Å². The minimum absolute atomic E-state index is 0.00808. The van der Waals surface area contributed by atoms with E-state index in [0.717, 1.165) is 11.6 Å². The molecule has 4 nitrogen and oxygen atoms in total. The van der Waals surface area contributed by atoms with Crippen LogP contribution in [0.1, 0.15) is 26.5 Å². The standard InChI is InChI=1S/C13H18N2O2/c1-5-6-16-10-8-15-12(17-9-10)7-11(14-15)13(2,3)4/h1,7,10H,6,8-9H2,2-4H3. The predicted molar refractivity (Wildman–Crippen MR) is 65.0 cm³/mol. The van der Waals surface area contributed by atoms with E-state index in [9.17, 15) is 0 Å². The van der Waals surface area contributed by atoms with Crippen molar-refractivity contribution in [2.24, 2.45) is 0 Å². The Balaban J connectivity index is 2.11. The fraction of sp³-hybridized carbons (Fsp3) is 0.615. The fourth-order valence-electron chi connectivity index (χ4n) is 1.70. The summed E-state index contributed by atoms with van der Waals surface area (Å²) in [5, 5.41) is 4.54. The molecule has 0 aromatic carbocycles. The zero-order valence-corrected chi connectivity index (χ0v) is 10.6. The first-order valence-electron chi connectivity index (χ1n) is 5.77. The van der Waals surface area contributed by atoms with Crippen LogP contribution in [0.25, 0.3) is 0 Å². The second-order valence-electron chi connectivity index (χ2n) is 5.25. The Morgan fingerprint density at radius 3 is 3.06 bits per heavy atom. The van der Waals surface area contributed by atoms with Gasteiger partial charge >= 0.3 is 0 Å². The number of nitrogens with zero attached hydrogens (tertiary/aromatic N) is 2. The maximum Gasteiger partial charge on any atom is 0.212 e. The molecule has 1 aliphatic heterocycles. The first-order valence-corrected chi connectivity index (χ1v) is 5.77. The van der Waals surface area contributed by atoms with Crippen LogP contribution >= 0.6 is 0 Å². The minimum atomic E-state index is -0.00808. The minimum Gasteiger partial charge on any atom is -0.475 e. The molecule has 1 atom stereocenters. The molecule has 92 valence electrons. The highest BCUT2D eigenvalue weighted by atomic mass is 16.5. The van der Waals surface area contributed by atoms with Crippen molar-refractivity contribution in [3.63, 3.8) is 0 Å². The Bertz CT molecular complexity index is 437. The molecule has 2 heterocycles. The molecule has 0 radical (unpaired) electrons. The van der Waals surface area contributed by atoms with Gasteiger partial charge in [-0.25, -0.2) is 4.68 Å². The molecule has 0 fully saturated rings. The van der Waals surface area contributed by atoms with Crippen molar-refractivity contribution in [3.05, 3.63) is 11.8 Å². The maximum atomic E-state index is 5.62. The number of aromatic nitrogens is 2. The van der Waals surface area contributed by atoms with E-state index in [1.165, 1.54) is 0 Å². The third kappa shape index (κ3) is 2.62. The van der Waals surface area contributed by atoms with Crippen molar-refractivity contribution in [1.29, 1.82) is 0 Å². The van der Waals surface area contributed by atoms with Gasteiger partial charge in [0.25, 0.3) is 0 Å². The number of rotatable bonds is 2. The molecule has 0 amide bonds. The second-order valence-corrected chi connectivity index (χ2v) is 5.25. The van der Waals surface area contributed by atoms with E-state index < -0.39 is 0 Å². The molecule has 0 aliphatic carbocycles. The van der Waals surface area contributed by atoms with Crippen LogP contribution in [-0.2, 0) is 16.7 Å². The predicted octanol–water partition coefficient (Wildman–Crippen LogP) is 1.59. The van der Waals surface area contributed by atoms with Crippen molar-refractivity contribution in [1.82, 2.24) is 9.78 Å². The molecule has 17 heavy (non-hydrogen) atoms. The van der Waals surface area contributed by atoms with E-state index in [1.54, 1.807) is 0 Å². The molecule has 1 aliphatic rings. The van der Waals surface area contributed by atoms with E-state index in [0.29, 0.717) is 19.8 Å². The van der Waals surface area contributed by atoms with E-state index in [4.69, 9.17) is 15.9 Å². The lowest BCUT2D eigenvalue weighted by atomic mass is 9.93. The molecule has 0 spiro atoms. The summed E-state index contributed by atoms with van der Waals surface area (Å²) in [5.41, 5.74) is 1.06. The van der Waals surface area contributed by atoms with Crippen molar-refractivity contribution in [3.8, 4) is 18.2 Å². The summed E-state index contributed by atoms with van der Waals surface area (Å²) in [7, 11) is 0. The number of ether oxygens (including phenoxy) is 2. The number of fused-ring (bicyclic) bond motifs is 1. The van der Waals surface area contributed by atoms with Gasteiger partial charge in [-0.2, -0.15) is 5.10 Å². The highest BCUT2D eigenvalue weighted by Gasteiger charge is 2.25. The average Bonchev–Trinajstić information content (AvgIpc) is 2.68. The van der Waals surface area contributed by atoms with E-state index in [-0.39, 0.29) is 11.5 Å². The van der Waals surface area contributed by atoms with Crippen LogP contribution in [0.3, 0.4) is 0 Å². The molecule has 0 bridgehead atoms. The van der Waals surface area contributed by atoms with Crippen LogP contribution in [0.4, 0.5) is 0 Å². The lowest BCUT2D eigenvalue weighted by Crippen LogP contribution is -2.32. The van der Waals surface area contributed by atoms with Crippen LogP contribution < -0.4 is 4.74 Å². The summed E-state index contributed by atoms with van der Waals surface area (Å²) in [4.78, 5) is 0. The quantitative estimate of drug-likeness (QED) is 0.729. The van der Waals surface area contributed by atoms with Crippen molar-refractivity contribution in [2.45, 2.75) is 38.8 Å². The molecular formula is C13H18N2O2. The monoisotopic (exact) mass is 234 g/mol. The second kappa shape index (κ2) is 4.42. The number of terminal acetylenes is 1. The smallest absolute Gasteiger partial charge is 0.212 e. The van der Waals surface area contributed by atoms with Gasteiger partial charge in [-0.05, 0) is 0 Å². The molecule has 0 N–H and O–H groups in total. The third-order valence-corrected chi connectivity index (χ3v) is 2.71. The molecule has 0 saturated carbocycles. The lowest BCUT2D eigenvalue weighted by Gasteiger charge is -2.23. The molecule has 2 rings (SSSR count). The SMILES string of the molecule is C#CCOC1COc2cc(C(C)(C)C)nn2C1. The van der Waals surface area contributed by atoms with Crippen LogP contribution in [0.2, 0.25) is 0 Å². The summed E-state index contributed by atoms with van der Waals surface area (Å²) in [6.07, 6.45) is 5.16. The van der Waals surface area contributed by atoms with Gasteiger partial charge in [0.1, 0.15) is 19.3 Å². The van der Waals surface area contributed by atoms with Crippen LogP contribution in [0, 0.1) is 12.3 Å². The Morgan fingerprint density at radius 2 is 2.41 bits per heavy atom. The summed E-state index contributed by atoms with van der Waals surface area (Å²) >= 11 is 0. The number of hydrogen-bond donors (Lipinski definition) is 0. The topological polar surface area (TPSA) is 36.3 Å². The zero-order valence-electron chi connectivity index (χ0n) is 10.6. The summed E-state index contributed by atoms with van der Waals surface area (Å²) in [6, 6.07) is 2.00. The molecule has 1 unspecified atom stereocenters. The fourth-order valence-corrected chi connectivity index (χ4v) is 1.70. The van der Waals surface area contributed by atoms with Gasteiger partial charge in [-0.15, -0.1) is 6.42 Å². The van der Waals surface area contributed by atoms with Gasteiger partial charge in [0, 0.05) is 11.5 Å². The van der Waals surface area contributed by atoms with Crippen LogP contribution in [0.5, 0.6) is 5.88 Å². The molecule has 0 saturated heterocycles. The highest BCUT2D eigenvalue weighted by molar-refractivity contribution is 5.22. The van der Waals surface area contributed by atoms with E-state index in [2.05, 4.69) is 31.8 Å². The molecule has 1 aromatic rings. The van der Waals surface area contributed by atoms with E-state index in [1.807, 2.05) is 10.7 Å². The van der Waals surface area contributed by atoms with Gasteiger partial charge in [0.2, 0.25) is 5.88 Å². The van der Waals surface area contributed by atoms with Gasteiger partial charge in [-0.1, -0.05) is 26.7 Å². The van der Waals surface area contributed by atoms with Crippen LogP contribution in [0.15, 0.2) is 6.07 Å². The zero-order chi connectivity index (χ0) is 12.5. The summed E-state index contributed by atoms with van der Waals surface area (Å²) < 4.78 is 12.9. The first kappa shape index (κ1) is 12.0. The normalized spacial score (nSPS) is 19.3. The summed E-state index contributed by atoms with van der Waals surface area (Å²) in [6.45, 7) is 7.95. The Morgan fingerprint density at radius 1 is 1.65 bits per heavy atom. The summed E-state index contributed by atoms with van der Waals surface area (Å²) in [5.74, 6) is 3.28. The molecule has 1 aromatic heterocycles. The Labute approximate surface area is 102 Å². The Kier molecular flexibility index (Phi) is 3.12. The Hall–Kier alpha value is -1.47. The lowest BCUT2D eigenvalue weighted by molar-refractivity contribution is 0.00280. The van der Waals surface area contributed by atoms with Gasteiger partial charge in [0.05, 0.1) is 12.2 Å². The van der Waals surface area contributed by atoms with Gasteiger partial charge < -0.3 is 9.47 Å². The average molecular weight is 234 g/mol.